The van der Waals surface area contributed by atoms with Gasteiger partial charge in [-0.15, -0.1) is 0 Å². The largest absolute Gasteiger partial charge is 0.464 e. The molecular formula is C20H20N2O5. The molecule has 1 amide bonds. The maximum atomic E-state index is 12.9. The number of carbonyl (C=O) groups is 3. The van der Waals surface area contributed by atoms with Gasteiger partial charge in [0.2, 0.25) is 0 Å². The lowest BCUT2D eigenvalue weighted by atomic mass is 10.1. The second kappa shape index (κ2) is 7.57. The van der Waals surface area contributed by atoms with Crippen molar-refractivity contribution in [1.82, 2.24) is 4.98 Å². The molecule has 0 spiro atoms. The van der Waals surface area contributed by atoms with Crippen molar-refractivity contribution < 1.29 is 23.9 Å². The Morgan fingerprint density at radius 2 is 1.74 bits per heavy atom. The standard InChI is InChI=1S/C20H20N2O5/c1-12-11-14-7-4-5-10-17(14)22(12)18(23)13(2)27-20(25)16-9-6-8-15(21-16)19(24)26-3/h4-10,12-13H,11H2,1-3H3/t12-,13-/m1/s1. The van der Waals surface area contributed by atoms with Gasteiger partial charge >= 0.3 is 11.9 Å². The van der Waals surface area contributed by atoms with Crippen LogP contribution >= 0.6 is 0 Å². The first-order valence-electron chi connectivity index (χ1n) is 8.59. The maximum absolute atomic E-state index is 12.9. The molecule has 140 valence electrons. The van der Waals surface area contributed by atoms with Gasteiger partial charge in [0, 0.05) is 11.7 Å². The van der Waals surface area contributed by atoms with E-state index in [1.54, 1.807) is 4.90 Å². The molecule has 2 atom stereocenters. The molecule has 7 nitrogen and oxygen atoms in total. The highest BCUT2D eigenvalue weighted by molar-refractivity contribution is 6.00. The Labute approximate surface area is 156 Å². The van der Waals surface area contributed by atoms with Crippen LogP contribution in [0.5, 0.6) is 0 Å². The van der Waals surface area contributed by atoms with Crippen molar-refractivity contribution in [3.05, 3.63) is 59.4 Å². The molecule has 1 aliphatic heterocycles. The number of anilines is 1. The van der Waals surface area contributed by atoms with Crippen LogP contribution in [0.2, 0.25) is 0 Å². The Kier molecular flexibility index (Phi) is 5.21. The van der Waals surface area contributed by atoms with Crippen LogP contribution in [-0.4, -0.2) is 42.1 Å². The van der Waals surface area contributed by atoms with Crippen molar-refractivity contribution in [2.24, 2.45) is 0 Å². The number of ether oxygens (including phenoxy) is 2. The zero-order valence-corrected chi connectivity index (χ0v) is 15.3. The molecular weight excluding hydrogens is 348 g/mol. The number of methoxy groups -OCH3 is 1. The number of esters is 2. The Morgan fingerprint density at radius 3 is 2.44 bits per heavy atom. The molecule has 0 aliphatic carbocycles. The van der Waals surface area contributed by atoms with Crippen LogP contribution in [-0.2, 0) is 20.7 Å². The lowest BCUT2D eigenvalue weighted by Gasteiger charge is -2.25. The summed E-state index contributed by atoms with van der Waals surface area (Å²) in [5.74, 6) is -1.73. The highest BCUT2D eigenvalue weighted by Gasteiger charge is 2.34. The lowest BCUT2D eigenvalue weighted by molar-refractivity contribution is -0.126. The fourth-order valence-electron chi connectivity index (χ4n) is 3.14. The Balaban J connectivity index is 1.74. The van der Waals surface area contributed by atoms with Crippen LogP contribution < -0.4 is 4.90 Å². The first kappa shape index (κ1) is 18.6. The minimum absolute atomic E-state index is 0.00646. The summed E-state index contributed by atoms with van der Waals surface area (Å²) in [5, 5.41) is 0. The number of carbonyl (C=O) groups excluding carboxylic acids is 3. The fraction of sp³-hybridized carbons (Fsp3) is 0.300. The third-order valence-electron chi connectivity index (χ3n) is 4.43. The van der Waals surface area contributed by atoms with E-state index in [-0.39, 0.29) is 23.3 Å². The predicted molar refractivity (Wildman–Crippen MR) is 97.5 cm³/mol. The average Bonchev–Trinajstić information content (AvgIpc) is 3.02. The summed E-state index contributed by atoms with van der Waals surface area (Å²) in [6.45, 7) is 3.48. The first-order chi connectivity index (χ1) is 12.9. The highest BCUT2D eigenvalue weighted by Crippen LogP contribution is 2.32. The van der Waals surface area contributed by atoms with E-state index in [0.29, 0.717) is 0 Å². The summed E-state index contributed by atoms with van der Waals surface area (Å²) in [4.78, 5) is 42.4. The number of para-hydroxylation sites is 1. The number of pyridine rings is 1. The fourth-order valence-corrected chi connectivity index (χ4v) is 3.14. The molecule has 7 heteroatoms. The van der Waals surface area contributed by atoms with E-state index in [1.165, 1.54) is 32.2 Å². The van der Waals surface area contributed by atoms with Crippen LogP contribution in [0.25, 0.3) is 0 Å². The molecule has 1 aromatic heterocycles. The molecule has 0 radical (unpaired) electrons. The van der Waals surface area contributed by atoms with Gasteiger partial charge in [-0.05, 0) is 44.0 Å². The van der Waals surface area contributed by atoms with Gasteiger partial charge in [0.05, 0.1) is 7.11 Å². The summed E-state index contributed by atoms with van der Waals surface area (Å²) < 4.78 is 9.89. The highest BCUT2D eigenvalue weighted by atomic mass is 16.5. The molecule has 0 saturated heterocycles. The third kappa shape index (κ3) is 3.67. The molecule has 0 unspecified atom stereocenters. The van der Waals surface area contributed by atoms with Crippen molar-refractivity contribution in [2.45, 2.75) is 32.4 Å². The molecule has 1 aliphatic rings. The smallest absolute Gasteiger partial charge is 0.357 e. The summed E-state index contributed by atoms with van der Waals surface area (Å²) in [7, 11) is 1.23. The maximum Gasteiger partial charge on any atom is 0.357 e. The molecule has 2 aromatic rings. The zero-order chi connectivity index (χ0) is 19.6. The molecule has 2 heterocycles. The van der Waals surface area contributed by atoms with Crippen molar-refractivity contribution in [2.75, 3.05) is 12.0 Å². The van der Waals surface area contributed by atoms with E-state index >= 15 is 0 Å². The molecule has 0 saturated carbocycles. The third-order valence-corrected chi connectivity index (χ3v) is 4.43. The number of fused-ring (bicyclic) bond motifs is 1. The van der Waals surface area contributed by atoms with E-state index in [4.69, 9.17) is 4.74 Å². The Bertz CT molecular complexity index is 895. The van der Waals surface area contributed by atoms with Crippen LogP contribution in [0.4, 0.5) is 5.69 Å². The quantitative estimate of drug-likeness (QED) is 0.771. The molecule has 0 bridgehead atoms. The van der Waals surface area contributed by atoms with E-state index in [9.17, 15) is 14.4 Å². The number of benzene rings is 1. The van der Waals surface area contributed by atoms with E-state index in [0.717, 1.165) is 17.7 Å². The van der Waals surface area contributed by atoms with Crippen molar-refractivity contribution in [3.8, 4) is 0 Å². The normalized spacial score (nSPS) is 16.4. The number of aromatic nitrogens is 1. The summed E-state index contributed by atoms with van der Waals surface area (Å²) in [5.41, 5.74) is 1.86. The summed E-state index contributed by atoms with van der Waals surface area (Å²) in [6.07, 6.45) is -0.236. The number of nitrogens with zero attached hydrogens (tertiary/aromatic N) is 2. The van der Waals surface area contributed by atoms with Crippen molar-refractivity contribution in [1.29, 1.82) is 0 Å². The summed E-state index contributed by atoms with van der Waals surface area (Å²) in [6, 6.07) is 12.0. The molecule has 0 N–H and O–H groups in total. The number of amides is 1. The molecule has 1 aromatic carbocycles. The Morgan fingerprint density at radius 1 is 1.07 bits per heavy atom. The Hall–Kier alpha value is -3.22. The molecule has 0 fully saturated rings. The van der Waals surface area contributed by atoms with Crippen LogP contribution in [0.3, 0.4) is 0 Å². The van der Waals surface area contributed by atoms with E-state index < -0.39 is 18.0 Å². The average molecular weight is 368 g/mol. The van der Waals surface area contributed by atoms with Crippen LogP contribution in [0.1, 0.15) is 40.4 Å². The number of hydrogen-bond acceptors (Lipinski definition) is 6. The molecule has 3 rings (SSSR count). The van der Waals surface area contributed by atoms with Crippen molar-refractivity contribution >= 4 is 23.5 Å². The second-order valence-corrected chi connectivity index (χ2v) is 6.34. The molecule has 27 heavy (non-hydrogen) atoms. The minimum atomic E-state index is -0.991. The lowest BCUT2D eigenvalue weighted by Crippen LogP contribution is -2.43. The second-order valence-electron chi connectivity index (χ2n) is 6.34. The van der Waals surface area contributed by atoms with Gasteiger partial charge in [-0.2, -0.15) is 0 Å². The van der Waals surface area contributed by atoms with E-state index in [2.05, 4.69) is 9.72 Å². The topological polar surface area (TPSA) is 85.8 Å². The van der Waals surface area contributed by atoms with E-state index in [1.807, 2.05) is 31.2 Å². The van der Waals surface area contributed by atoms with Gasteiger partial charge in [0.15, 0.2) is 6.10 Å². The first-order valence-corrected chi connectivity index (χ1v) is 8.59. The number of rotatable bonds is 4. The van der Waals surface area contributed by atoms with Gasteiger partial charge in [0.1, 0.15) is 11.4 Å². The van der Waals surface area contributed by atoms with Gasteiger partial charge in [-0.3, -0.25) is 4.79 Å². The predicted octanol–water partition coefficient (Wildman–Crippen LogP) is 2.39. The van der Waals surface area contributed by atoms with Crippen LogP contribution in [0.15, 0.2) is 42.5 Å². The zero-order valence-electron chi connectivity index (χ0n) is 15.3. The van der Waals surface area contributed by atoms with Gasteiger partial charge < -0.3 is 14.4 Å². The van der Waals surface area contributed by atoms with Gasteiger partial charge in [-0.1, -0.05) is 24.3 Å². The SMILES string of the molecule is COC(=O)c1cccc(C(=O)O[C@H](C)C(=O)N2c3ccccc3C[C@H]2C)n1. The van der Waals surface area contributed by atoms with Crippen LogP contribution in [0, 0.1) is 0 Å². The van der Waals surface area contributed by atoms with Gasteiger partial charge in [-0.25, -0.2) is 14.6 Å². The monoisotopic (exact) mass is 368 g/mol. The minimum Gasteiger partial charge on any atom is -0.464 e. The number of hydrogen-bond donors (Lipinski definition) is 0. The summed E-state index contributed by atoms with van der Waals surface area (Å²) >= 11 is 0. The van der Waals surface area contributed by atoms with Crippen molar-refractivity contribution in [3.63, 3.8) is 0 Å². The van der Waals surface area contributed by atoms with Gasteiger partial charge in [0.25, 0.3) is 5.91 Å².